The Kier molecular flexibility index (Phi) is 6.76. The van der Waals surface area contributed by atoms with E-state index in [-0.39, 0.29) is 17.1 Å². The summed E-state index contributed by atoms with van der Waals surface area (Å²) in [5.41, 5.74) is 5.04. The number of ether oxygens (including phenoxy) is 1. The number of halogens is 3. The van der Waals surface area contributed by atoms with Crippen LogP contribution in [0.2, 0.25) is 10.0 Å². The number of carbonyl (C=O) groups excluding carboxylic acids is 2. The Balaban J connectivity index is 1.85. The number of hydrogen-bond donors (Lipinski definition) is 0. The highest BCUT2D eigenvalue weighted by molar-refractivity contribution is 9.10. The number of aromatic nitrogens is 1. The second-order valence-corrected chi connectivity index (χ2v) is 9.64. The van der Waals surface area contributed by atoms with Gasteiger partial charge < -0.3 is 9.30 Å². The normalized spacial score (nSPS) is 15.0. The first-order chi connectivity index (χ1) is 16.1. The van der Waals surface area contributed by atoms with E-state index in [0.29, 0.717) is 21.4 Å². The molecular formula is C26H21BrCl2N2O3. The highest BCUT2D eigenvalue weighted by Crippen LogP contribution is 2.37. The van der Waals surface area contributed by atoms with Crippen molar-refractivity contribution in [2.45, 2.75) is 20.8 Å². The van der Waals surface area contributed by atoms with Crippen LogP contribution >= 0.6 is 39.1 Å². The second kappa shape index (κ2) is 9.45. The van der Waals surface area contributed by atoms with Crippen molar-refractivity contribution in [2.24, 2.45) is 0 Å². The highest BCUT2D eigenvalue weighted by atomic mass is 79.9. The molecule has 0 unspecified atom stereocenters. The van der Waals surface area contributed by atoms with Crippen LogP contribution in [0.15, 0.2) is 69.8 Å². The number of esters is 1. The van der Waals surface area contributed by atoms with Crippen molar-refractivity contribution in [2.75, 3.05) is 12.0 Å². The largest absolute Gasteiger partial charge is 0.465 e. The van der Waals surface area contributed by atoms with Gasteiger partial charge in [-0.15, -0.1) is 0 Å². The van der Waals surface area contributed by atoms with E-state index in [1.54, 1.807) is 25.1 Å². The molecule has 5 nitrogen and oxygen atoms in total. The monoisotopic (exact) mass is 558 g/mol. The molecule has 34 heavy (non-hydrogen) atoms. The molecular weight excluding hydrogens is 539 g/mol. The molecule has 174 valence electrons. The Bertz CT molecular complexity index is 1390. The Morgan fingerprint density at radius 2 is 1.71 bits per heavy atom. The zero-order valence-corrected chi connectivity index (χ0v) is 22.0. The molecule has 1 amide bonds. The zero-order chi connectivity index (χ0) is 24.7. The smallest absolute Gasteiger partial charge is 0.340 e. The van der Waals surface area contributed by atoms with Gasteiger partial charge in [0.25, 0.3) is 5.91 Å². The van der Waals surface area contributed by atoms with Gasteiger partial charge in [-0.05, 0) is 80.9 Å². The molecule has 0 aliphatic carbocycles. The Labute approximate surface area is 216 Å². The van der Waals surface area contributed by atoms with E-state index in [1.807, 2.05) is 54.8 Å². The summed E-state index contributed by atoms with van der Waals surface area (Å²) in [6.07, 6.45) is 1.74. The van der Waals surface area contributed by atoms with Crippen molar-refractivity contribution in [1.29, 1.82) is 0 Å². The van der Waals surface area contributed by atoms with Crippen molar-refractivity contribution in [1.82, 2.24) is 4.57 Å². The number of amides is 1. The minimum Gasteiger partial charge on any atom is -0.465 e. The van der Waals surface area contributed by atoms with E-state index in [2.05, 4.69) is 15.9 Å². The minimum atomic E-state index is -0.564. The molecule has 3 aromatic rings. The van der Waals surface area contributed by atoms with Crippen molar-refractivity contribution in [3.63, 3.8) is 0 Å². The van der Waals surface area contributed by atoms with E-state index in [0.717, 1.165) is 27.1 Å². The van der Waals surface area contributed by atoms with Gasteiger partial charge in [-0.1, -0.05) is 39.1 Å². The van der Waals surface area contributed by atoms with Gasteiger partial charge in [-0.2, -0.15) is 0 Å². The molecule has 1 aliphatic heterocycles. The third-order valence-electron chi connectivity index (χ3n) is 5.80. The summed E-state index contributed by atoms with van der Waals surface area (Å²) in [6, 6.07) is 14.6. The third kappa shape index (κ3) is 4.22. The van der Waals surface area contributed by atoms with Gasteiger partial charge in [0.2, 0.25) is 0 Å². The van der Waals surface area contributed by atoms with Gasteiger partial charge in [0, 0.05) is 32.3 Å². The zero-order valence-electron chi connectivity index (χ0n) is 18.9. The minimum absolute atomic E-state index is 0.241. The van der Waals surface area contributed by atoms with Crippen LogP contribution in [0.25, 0.3) is 11.8 Å². The molecule has 1 aromatic heterocycles. The summed E-state index contributed by atoms with van der Waals surface area (Å²) in [4.78, 5) is 27.8. The molecule has 2 aromatic carbocycles. The lowest BCUT2D eigenvalue weighted by Gasteiger charge is -2.18. The molecule has 8 heteroatoms. The van der Waals surface area contributed by atoms with Crippen LogP contribution < -0.4 is 4.90 Å². The van der Waals surface area contributed by atoms with E-state index in [1.165, 1.54) is 12.0 Å². The quantitative estimate of drug-likeness (QED) is 0.254. The predicted molar refractivity (Wildman–Crippen MR) is 140 cm³/mol. The molecule has 0 fully saturated rings. The molecule has 1 aliphatic rings. The number of methoxy groups -OCH3 is 1. The van der Waals surface area contributed by atoms with Crippen molar-refractivity contribution >= 4 is 62.8 Å². The number of carbonyl (C=O) groups is 2. The van der Waals surface area contributed by atoms with Gasteiger partial charge in [0.05, 0.1) is 29.0 Å². The Morgan fingerprint density at radius 3 is 2.32 bits per heavy atom. The molecule has 0 atom stereocenters. The fourth-order valence-corrected chi connectivity index (χ4v) is 4.96. The average Bonchev–Trinajstić information content (AvgIpc) is 3.20. The molecule has 0 radical (unpaired) electrons. The van der Waals surface area contributed by atoms with Crippen LogP contribution in [0.5, 0.6) is 0 Å². The van der Waals surface area contributed by atoms with Gasteiger partial charge in [-0.25, -0.2) is 4.79 Å². The summed E-state index contributed by atoms with van der Waals surface area (Å²) in [5, 5.41) is 1.06. The van der Waals surface area contributed by atoms with Gasteiger partial charge >= 0.3 is 5.97 Å². The molecule has 4 rings (SSSR count). The first kappa shape index (κ1) is 24.3. The molecule has 0 spiro atoms. The van der Waals surface area contributed by atoms with Crippen molar-refractivity contribution in [3.05, 3.63) is 96.8 Å². The maximum atomic E-state index is 13.6. The average molecular weight is 560 g/mol. The summed E-state index contributed by atoms with van der Waals surface area (Å²) < 4.78 is 7.90. The fourth-order valence-electron chi connectivity index (χ4n) is 4.20. The lowest BCUT2D eigenvalue weighted by atomic mass is 10.0. The van der Waals surface area contributed by atoms with E-state index >= 15 is 0 Å². The first-order valence-corrected chi connectivity index (χ1v) is 11.9. The molecule has 0 bridgehead atoms. The number of rotatable bonds is 4. The first-order valence-electron chi connectivity index (χ1n) is 10.4. The van der Waals surface area contributed by atoms with Crippen LogP contribution in [0.1, 0.15) is 23.9 Å². The SMILES string of the molecule is COC(=O)C1=C(C)N(c2ccc(Br)cc2)C(=O)/C1=C\c1cc(C)n(-c2ccc(Cl)cc2Cl)c1C. The summed E-state index contributed by atoms with van der Waals surface area (Å²) in [5.74, 6) is -0.860. The summed E-state index contributed by atoms with van der Waals surface area (Å²) in [7, 11) is 1.31. The molecule has 0 saturated heterocycles. The van der Waals surface area contributed by atoms with Crippen LogP contribution in [0.3, 0.4) is 0 Å². The molecule has 0 N–H and O–H groups in total. The van der Waals surface area contributed by atoms with Crippen LogP contribution in [0, 0.1) is 13.8 Å². The molecule has 0 saturated carbocycles. The lowest BCUT2D eigenvalue weighted by Crippen LogP contribution is -2.24. The third-order valence-corrected chi connectivity index (χ3v) is 6.86. The van der Waals surface area contributed by atoms with E-state index < -0.39 is 5.97 Å². The van der Waals surface area contributed by atoms with Crippen molar-refractivity contribution < 1.29 is 14.3 Å². The van der Waals surface area contributed by atoms with E-state index in [9.17, 15) is 9.59 Å². The Hall–Kier alpha value is -2.80. The summed E-state index contributed by atoms with van der Waals surface area (Å²) >= 11 is 15.9. The van der Waals surface area contributed by atoms with Gasteiger partial charge in [0.1, 0.15) is 0 Å². The van der Waals surface area contributed by atoms with Crippen LogP contribution in [-0.4, -0.2) is 23.6 Å². The number of benzene rings is 2. The topological polar surface area (TPSA) is 51.5 Å². The predicted octanol–water partition coefficient (Wildman–Crippen LogP) is 7.04. The standard InChI is InChI=1S/C26H21BrCl2N2O3/c1-14-11-17(15(2)30(14)23-10-7-19(28)13-22(23)29)12-21-24(26(33)34-4)16(3)31(25(21)32)20-8-5-18(27)6-9-20/h5-13H,1-4H3/b21-12-. The number of aryl methyl sites for hydroxylation is 1. The van der Waals surface area contributed by atoms with Crippen LogP contribution in [0.4, 0.5) is 5.69 Å². The number of anilines is 1. The number of nitrogens with zero attached hydrogens (tertiary/aromatic N) is 2. The van der Waals surface area contributed by atoms with Crippen LogP contribution in [-0.2, 0) is 14.3 Å². The maximum Gasteiger partial charge on any atom is 0.340 e. The fraction of sp³-hybridized carbons (Fsp3) is 0.154. The maximum absolute atomic E-state index is 13.6. The van der Waals surface area contributed by atoms with Crippen molar-refractivity contribution in [3.8, 4) is 5.69 Å². The Morgan fingerprint density at radius 1 is 1.03 bits per heavy atom. The van der Waals surface area contributed by atoms with Gasteiger partial charge in [0.15, 0.2) is 0 Å². The second-order valence-electron chi connectivity index (χ2n) is 7.88. The number of allylic oxidation sites excluding steroid dienone is 1. The van der Waals surface area contributed by atoms with E-state index in [4.69, 9.17) is 27.9 Å². The highest BCUT2D eigenvalue weighted by Gasteiger charge is 2.38. The lowest BCUT2D eigenvalue weighted by molar-refractivity contribution is -0.136. The van der Waals surface area contributed by atoms with Gasteiger partial charge in [-0.3, -0.25) is 9.69 Å². The summed E-state index contributed by atoms with van der Waals surface area (Å²) in [6.45, 7) is 5.63. The molecule has 2 heterocycles. The number of hydrogen-bond acceptors (Lipinski definition) is 3.